The lowest BCUT2D eigenvalue weighted by Crippen LogP contribution is -2.54. The molecular formula is C23H34ClN3O2. The Labute approximate surface area is 180 Å². The number of carbonyl (C=O) groups excluding carboxylic acids is 2. The first-order valence-electron chi connectivity index (χ1n) is 11.0. The normalized spacial score (nSPS) is 29.2. The van der Waals surface area contributed by atoms with Gasteiger partial charge < -0.3 is 15.5 Å². The Kier molecular flexibility index (Phi) is 7.23. The Balaban J connectivity index is 0.00000240. The molecule has 1 heterocycles. The summed E-state index contributed by atoms with van der Waals surface area (Å²) in [6.07, 6.45) is 6.52. The van der Waals surface area contributed by atoms with Crippen molar-refractivity contribution in [2.24, 2.45) is 23.5 Å². The van der Waals surface area contributed by atoms with Gasteiger partial charge in [0.25, 0.3) is 5.91 Å². The molecular weight excluding hydrogens is 386 g/mol. The van der Waals surface area contributed by atoms with Crippen molar-refractivity contribution in [1.29, 1.82) is 0 Å². The van der Waals surface area contributed by atoms with Crippen LogP contribution in [0.3, 0.4) is 0 Å². The van der Waals surface area contributed by atoms with E-state index in [0.29, 0.717) is 50.0 Å². The fraction of sp³-hybridized carbons (Fsp3) is 0.652. The molecule has 2 N–H and O–H groups in total. The van der Waals surface area contributed by atoms with Crippen LogP contribution in [-0.2, 0) is 11.2 Å². The second kappa shape index (κ2) is 9.48. The predicted octanol–water partition coefficient (Wildman–Crippen LogP) is 3.11. The van der Waals surface area contributed by atoms with Gasteiger partial charge in [0.05, 0.1) is 0 Å². The fourth-order valence-electron chi connectivity index (χ4n) is 5.44. The van der Waals surface area contributed by atoms with Crippen molar-refractivity contribution in [2.75, 3.05) is 26.2 Å². The summed E-state index contributed by atoms with van der Waals surface area (Å²) in [4.78, 5) is 29.7. The molecule has 2 aliphatic carbocycles. The SMILES string of the molecule is CCc1ccc(C(=O)N2CCN(C(=O)C3CC4CCCC(C3)C4N)CC2)cc1.Cl. The Morgan fingerprint density at radius 1 is 0.966 bits per heavy atom. The Hall–Kier alpha value is -1.59. The van der Waals surface area contributed by atoms with Crippen molar-refractivity contribution in [3.8, 4) is 0 Å². The van der Waals surface area contributed by atoms with E-state index in [0.717, 1.165) is 24.8 Å². The highest BCUT2D eigenvalue weighted by molar-refractivity contribution is 5.94. The molecule has 0 radical (unpaired) electrons. The van der Waals surface area contributed by atoms with Crippen LogP contribution in [0.25, 0.3) is 0 Å². The summed E-state index contributed by atoms with van der Waals surface area (Å²) < 4.78 is 0. The minimum Gasteiger partial charge on any atom is -0.339 e. The van der Waals surface area contributed by atoms with E-state index in [2.05, 4.69) is 6.92 Å². The van der Waals surface area contributed by atoms with Gasteiger partial charge in [-0.25, -0.2) is 0 Å². The molecule has 0 spiro atoms. The lowest BCUT2D eigenvalue weighted by Gasteiger charge is -2.45. The first-order valence-corrected chi connectivity index (χ1v) is 11.0. The summed E-state index contributed by atoms with van der Waals surface area (Å²) in [5.74, 6) is 1.56. The zero-order chi connectivity index (χ0) is 19.7. The number of nitrogens with zero attached hydrogens (tertiary/aromatic N) is 2. The summed E-state index contributed by atoms with van der Waals surface area (Å²) in [5, 5.41) is 0. The van der Waals surface area contributed by atoms with E-state index in [1.165, 1.54) is 24.8 Å². The molecule has 3 fully saturated rings. The third-order valence-electron chi connectivity index (χ3n) is 7.25. The first kappa shape index (κ1) is 22.1. The van der Waals surface area contributed by atoms with E-state index in [9.17, 15) is 9.59 Å². The van der Waals surface area contributed by atoms with E-state index in [4.69, 9.17) is 5.73 Å². The number of halogens is 1. The van der Waals surface area contributed by atoms with Gasteiger partial charge in [0.1, 0.15) is 0 Å². The van der Waals surface area contributed by atoms with E-state index < -0.39 is 0 Å². The van der Waals surface area contributed by atoms with Crippen LogP contribution in [0.15, 0.2) is 24.3 Å². The van der Waals surface area contributed by atoms with Gasteiger partial charge in [-0.2, -0.15) is 0 Å². The van der Waals surface area contributed by atoms with Crippen molar-refractivity contribution < 1.29 is 9.59 Å². The van der Waals surface area contributed by atoms with Crippen molar-refractivity contribution in [3.63, 3.8) is 0 Å². The van der Waals surface area contributed by atoms with Gasteiger partial charge in [-0.3, -0.25) is 9.59 Å². The molecule has 5 nitrogen and oxygen atoms in total. The topological polar surface area (TPSA) is 66.6 Å². The fourth-order valence-corrected chi connectivity index (χ4v) is 5.44. The van der Waals surface area contributed by atoms with Crippen LogP contribution >= 0.6 is 12.4 Å². The highest BCUT2D eigenvalue weighted by Crippen LogP contribution is 2.42. The molecule has 0 aromatic heterocycles. The molecule has 160 valence electrons. The number of benzene rings is 1. The number of rotatable bonds is 3. The summed E-state index contributed by atoms with van der Waals surface area (Å²) in [5.41, 5.74) is 8.36. The molecule has 1 aliphatic heterocycles. The number of aryl methyl sites for hydroxylation is 1. The predicted molar refractivity (Wildman–Crippen MR) is 117 cm³/mol. The van der Waals surface area contributed by atoms with E-state index in [1.54, 1.807) is 0 Å². The molecule has 6 heteroatoms. The minimum absolute atomic E-state index is 0. The monoisotopic (exact) mass is 419 g/mol. The number of hydrogen-bond donors (Lipinski definition) is 1. The zero-order valence-corrected chi connectivity index (χ0v) is 18.2. The zero-order valence-electron chi connectivity index (χ0n) is 17.4. The second-order valence-electron chi connectivity index (χ2n) is 8.86. The molecule has 2 bridgehead atoms. The maximum atomic E-state index is 13.1. The number of fused-ring (bicyclic) bond motifs is 2. The van der Waals surface area contributed by atoms with Crippen LogP contribution in [0.1, 0.15) is 54.9 Å². The standard InChI is InChI=1S/C23H33N3O2.ClH/c1-2-16-6-8-17(9-7-16)22(27)25-10-12-26(13-11-25)23(28)20-14-18-4-3-5-19(15-20)21(18)24;/h6-9,18-21H,2-5,10-15,24H2,1H3;1H. The highest BCUT2D eigenvalue weighted by atomic mass is 35.5. The van der Waals surface area contributed by atoms with Crippen LogP contribution in [0.5, 0.6) is 0 Å². The molecule has 3 aliphatic rings. The highest BCUT2D eigenvalue weighted by Gasteiger charge is 2.42. The van der Waals surface area contributed by atoms with Crippen LogP contribution in [0.4, 0.5) is 0 Å². The van der Waals surface area contributed by atoms with E-state index in [1.807, 2.05) is 34.1 Å². The lowest BCUT2D eigenvalue weighted by atomic mass is 9.65. The number of amides is 2. The van der Waals surface area contributed by atoms with Gasteiger partial charge in [0, 0.05) is 43.7 Å². The molecule has 1 aromatic carbocycles. The van der Waals surface area contributed by atoms with Gasteiger partial charge >= 0.3 is 0 Å². The average molecular weight is 420 g/mol. The van der Waals surface area contributed by atoms with Gasteiger partial charge in [-0.15, -0.1) is 12.4 Å². The smallest absolute Gasteiger partial charge is 0.253 e. The number of hydrogen-bond acceptors (Lipinski definition) is 3. The Morgan fingerprint density at radius 3 is 2.07 bits per heavy atom. The maximum Gasteiger partial charge on any atom is 0.253 e. The van der Waals surface area contributed by atoms with Gasteiger partial charge in [-0.1, -0.05) is 25.5 Å². The molecule has 1 saturated heterocycles. The van der Waals surface area contributed by atoms with E-state index in [-0.39, 0.29) is 24.2 Å². The second-order valence-corrected chi connectivity index (χ2v) is 8.86. The largest absolute Gasteiger partial charge is 0.339 e. The maximum absolute atomic E-state index is 13.1. The van der Waals surface area contributed by atoms with Gasteiger partial charge in [-0.05, 0) is 61.6 Å². The van der Waals surface area contributed by atoms with E-state index >= 15 is 0 Å². The minimum atomic E-state index is 0. The molecule has 2 saturated carbocycles. The summed E-state index contributed by atoms with van der Waals surface area (Å²) in [7, 11) is 0. The summed E-state index contributed by atoms with van der Waals surface area (Å²) >= 11 is 0. The van der Waals surface area contributed by atoms with Crippen LogP contribution in [-0.4, -0.2) is 53.8 Å². The van der Waals surface area contributed by atoms with Crippen molar-refractivity contribution >= 4 is 24.2 Å². The third-order valence-corrected chi connectivity index (χ3v) is 7.25. The lowest BCUT2D eigenvalue weighted by molar-refractivity contribution is -0.140. The molecule has 4 rings (SSSR count). The Bertz CT molecular complexity index is 701. The molecule has 1 aromatic rings. The summed E-state index contributed by atoms with van der Waals surface area (Å²) in [6.45, 7) is 4.66. The number of nitrogens with two attached hydrogens (primary N) is 1. The molecule has 2 unspecified atom stereocenters. The van der Waals surface area contributed by atoms with Crippen LogP contribution in [0, 0.1) is 17.8 Å². The van der Waals surface area contributed by atoms with Crippen molar-refractivity contribution in [1.82, 2.24) is 9.80 Å². The van der Waals surface area contributed by atoms with Gasteiger partial charge in [0.15, 0.2) is 0 Å². The first-order chi connectivity index (χ1) is 13.6. The van der Waals surface area contributed by atoms with Crippen molar-refractivity contribution in [2.45, 2.75) is 51.5 Å². The Morgan fingerprint density at radius 2 is 1.52 bits per heavy atom. The van der Waals surface area contributed by atoms with Crippen LogP contribution in [0.2, 0.25) is 0 Å². The van der Waals surface area contributed by atoms with Crippen LogP contribution < -0.4 is 5.73 Å². The molecule has 2 amide bonds. The number of piperazine rings is 1. The van der Waals surface area contributed by atoms with Gasteiger partial charge in [0.2, 0.25) is 5.91 Å². The third kappa shape index (κ3) is 4.61. The molecule has 2 atom stereocenters. The summed E-state index contributed by atoms with van der Waals surface area (Å²) in [6, 6.07) is 8.19. The van der Waals surface area contributed by atoms with Crippen molar-refractivity contribution in [3.05, 3.63) is 35.4 Å². The molecule has 29 heavy (non-hydrogen) atoms. The number of carbonyl (C=O) groups is 2. The average Bonchev–Trinajstić information content (AvgIpc) is 2.73. The quantitative estimate of drug-likeness (QED) is 0.818.